The number of pyridine rings is 1. The van der Waals surface area contributed by atoms with Gasteiger partial charge >= 0.3 is 0 Å². The van der Waals surface area contributed by atoms with Crippen molar-refractivity contribution in [1.82, 2.24) is 0 Å². The van der Waals surface area contributed by atoms with Gasteiger partial charge in [0.1, 0.15) is 12.9 Å². The van der Waals surface area contributed by atoms with E-state index in [9.17, 15) is 4.39 Å². The summed E-state index contributed by atoms with van der Waals surface area (Å²) in [4.78, 5) is 0. The van der Waals surface area contributed by atoms with Gasteiger partial charge in [-0.15, -0.1) is 0 Å². The Hall–Kier alpha value is -2.26. The average molecular weight is 367 g/mol. The van der Waals surface area contributed by atoms with E-state index in [1.165, 1.54) is 12.1 Å². The number of aromatic nitrogens is 1. The monoisotopic (exact) mass is 366 g/mol. The van der Waals surface area contributed by atoms with Crippen LogP contribution >= 0.6 is 15.9 Å². The van der Waals surface area contributed by atoms with E-state index in [1.54, 1.807) is 0 Å². The second-order valence-corrected chi connectivity index (χ2v) is 6.45. The van der Waals surface area contributed by atoms with E-state index >= 15 is 0 Å². The largest absolute Gasteiger partial charge is 0.213 e. The first kappa shape index (κ1) is 14.3. The minimum Gasteiger partial charge on any atom is -0.207 e. The molecule has 0 radical (unpaired) electrons. The molecular weight excluding hydrogens is 353 g/mol. The van der Waals surface area contributed by atoms with Crippen molar-refractivity contribution < 1.29 is 8.96 Å². The average Bonchev–Trinajstić information content (AvgIpc) is 2.57. The molecule has 23 heavy (non-hydrogen) atoms. The topological polar surface area (TPSA) is 3.88 Å². The van der Waals surface area contributed by atoms with Crippen LogP contribution in [0.2, 0.25) is 0 Å². The fourth-order valence-corrected chi connectivity index (χ4v) is 3.76. The summed E-state index contributed by atoms with van der Waals surface area (Å²) >= 11 is 3.53. The normalized spacial score (nSPS) is 11.3. The Labute approximate surface area is 142 Å². The van der Waals surface area contributed by atoms with E-state index < -0.39 is 0 Å². The van der Waals surface area contributed by atoms with E-state index in [1.807, 2.05) is 30.3 Å². The number of halogens is 2. The highest BCUT2D eigenvalue weighted by molar-refractivity contribution is 9.10. The van der Waals surface area contributed by atoms with Crippen LogP contribution in [0.3, 0.4) is 0 Å². The smallest absolute Gasteiger partial charge is 0.207 e. The molecule has 3 heteroatoms. The van der Waals surface area contributed by atoms with Crippen molar-refractivity contribution in [3.8, 4) is 11.1 Å². The molecule has 0 unspecified atom stereocenters. The third kappa shape index (κ3) is 2.23. The summed E-state index contributed by atoms with van der Waals surface area (Å²) in [5, 5.41) is 2.31. The summed E-state index contributed by atoms with van der Waals surface area (Å²) in [5.41, 5.74) is 4.43. The molecule has 0 aliphatic heterocycles. The molecule has 0 saturated carbocycles. The van der Waals surface area contributed by atoms with Crippen LogP contribution < -0.4 is 4.57 Å². The molecule has 4 rings (SSSR count). The van der Waals surface area contributed by atoms with Crippen LogP contribution in [-0.2, 0) is 7.05 Å². The van der Waals surface area contributed by atoms with Gasteiger partial charge < -0.3 is 0 Å². The predicted molar refractivity (Wildman–Crippen MR) is 95.7 cm³/mol. The van der Waals surface area contributed by atoms with Crippen LogP contribution in [0.1, 0.15) is 0 Å². The second kappa shape index (κ2) is 5.43. The van der Waals surface area contributed by atoms with E-state index in [-0.39, 0.29) is 5.82 Å². The summed E-state index contributed by atoms with van der Waals surface area (Å²) in [5.74, 6) is -0.240. The first-order valence-electron chi connectivity index (χ1n) is 7.42. The number of fused-ring (bicyclic) bond motifs is 2. The maximum Gasteiger partial charge on any atom is 0.213 e. The molecule has 0 aliphatic carbocycles. The standard InChI is InChI=1S/C20H14BrFN/c1-23-18-8-4-2-6-15(18)20(16-7-3-5-9-19(16)23)14-11-10-13(22)12-17(14)21/h2-12H,1H3/q+1. The molecule has 1 nitrogen and oxygen atoms in total. The SMILES string of the molecule is C[n+]1c2ccccc2c(-c2ccc(F)cc2Br)c2ccccc21. The van der Waals surface area contributed by atoms with Crippen molar-refractivity contribution in [1.29, 1.82) is 0 Å². The van der Waals surface area contributed by atoms with Gasteiger partial charge in [0.15, 0.2) is 0 Å². The van der Waals surface area contributed by atoms with Gasteiger partial charge in [0, 0.05) is 22.2 Å². The number of rotatable bonds is 1. The summed E-state index contributed by atoms with van der Waals surface area (Å²) in [6.07, 6.45) is 0. The first-order valence-corrected chi connectivity index (χ1v) is 8.21. The number of hydrogen-bond acceptors (Lipinski definition) is 0. The molecule has 0 aliphatic rings. The van der Waals surface area contributed by atoms with Crippen molar-refractivity contribution in [3.63, 3.8) is 0 Å². The lowest BCUT2D eigenvalue weighted by Gasteiger charge is -2.12. The Balaban J connectivity index is 2.25. The summed E-state index contributed by atoms with van der Waals surface area (Å²) in [6, 6.07) is 21.5. The molecule has 0 N–H and O–H groups in total. The molecule has 0 bridgehead atoms. The number of aryl methyl sites for hydroxylation is 1. The van der Waals surface area contributed by atoms with Gasteiger partial charge in [-0.05, 0) is 29.8 Å². The zero-order valence-electron chi connectivity index (χ0n) is 12.6. The summed E-state index contributed by atoms with van der Waals surface area (Å²) in [6.45, 7) is 0. The van der Waals surface area contributed by atoms with Gasteiger partial charge in [-0.25, -0.2) is 4.39 Å². The highest BCUT2D eigenvalue weighted by Gasteiger charge is 2.19. The van der Waals surface area contributed by atoms with E-state index in [4.69, 9.17) is 0 Å². The van der Waals surface area contributed by atoms with Crippen LogP contribution in [-0.4, -0.2) is 0 Å². The second-order valence-electron chi connectivity index (χ2n) is 5.59. The van der Waals surface area contributed by atoms with Gasteiger partial charge in [0.25, 0.3) is 0 Å². The first-order chi connectivity index (χ1) is 11.2. The van der Waals surface area contributed by atoms with Crippen LogP contribution in [0.25, 0.3) is 32.9 Å². The number of benzene rings is 3. The van der Waals surface area contributed by atoms with Gasteiger partial charge in [0.05, 0.1) is 10.8 Å². The molecule has 0 amide bonds. The summed E-state index contributed by atoms with van der Waals surface area (Å²) < 4.78 is 16.5. The van der Waals surface area contributed by atoms with Crippen molar-refractivity contribution in [2.24, 2.45) is 7.05 Å². The molecule has 112 valence electrons. The van der Waals surface area contributed by atoms with Gasteiger partial charge in [-0.3, -0.25) is 0 Å². The maximum atomic E-state index is 13.5. The van der Waals surface area contributed by atoms with E-state index in [0.717, 1.165) is 37.4 Å². The Morgan fingerprint density at radius 1 is 0.826 bits per heavy atom. The zero-order valence-corrected chi connectivity index (χ0v) is 14.1. The zero-order chi connectivity index (χ0) is 16.0. The van der Waals surface area contributed by atoms with Crippen LogP contribution in [0.4, 0.5) is 4.39 Å². The highest BCUT2D eigenvalue weighted by atomic mass is 79.9. The van der Waals surface area contributed by atoms with Crippen molar-refractivity contribution in [2.75, 3.05) is 0 Å². The van der Waals surface area contributed by atoms with Gasteiger partial charge in [0.2, 0.25) is 11.0 Å². The quantitative estimate of drug-likeness (QED) is 0.314. The lowest BCUT2D eigenvalue weighted by atomic mass is 9.96. The van der Waals surface area contributed by atoms with E-state index in [0.29, 0.717) is 0 Å². The molecule has 0 saturated heterocycles. The molecule has 1 aromatic heterocycles. The van der Waals surface area contributed by atoms with E-state index in [2.05, 4.69) is 51.8 Å². The molecule has 0 fully saturated rings. The fourth-order valence-electron chi connectivity index (χ4n) is 3.21. The number of hydrogen-bond donors (Lipinski definition) is 0. The van der Waals surface area contributed by atoms with Crippen LogP contribution in [0.5, 0.6) is 0 Å². The third-order valence-corrected chi connectivity index (χ3v) is 4.93. The van der Waals surface area contributed by atoms with Crippen molar-refractivity contribution in [2.45, 2.75) is 0 Å². The molecular formula is C20H14BrFN+. The fraction of sp³-hybridized carbons (Fsp3) is 0.0500. The van der Waals surface area contributed by atoms with Gasteiger partial charge in [-0.2, -0.15) is 4.57 Å². The minimum atomic E-state index is -0.240. The van der Waals surface area contributed by atoms with Gasteiger partial charge in [-0.1, -0.05) is 46.3 Å². The highest BCUT2D eigenvalue weighted by Crippen LogP contribution is 2.37. The minimum absolute atomic E-state index is 0.240. The molecule has 4 aromatic rings. The molecule has 3 aromatic carbocycles. The third-order valence-electron chi connectivity index (χ3n) is 4.27. The Bertz CT molecular complexity index is 999. The molecule has 0 atom stereocenters. The summed E-state index contributed by atoms with van der Waals surface area (Å²) in [7, 11) is 2.08. The lowest BCUT2D eigenvalue weighted by Crippen LogP contribution is -2.30. The molecule has 0 spiro atoms. The Kier molecular flexibility index (Phi) is 3.38. The van der Waals surface area contributed by atoms with Crippen molar-refractivity contribution in [3.05, 3.63) is 77.0 Å². The predicted octanol–water partition coefficient (Wildman–Crippen LogP) is 5.39. The van der Waals surface area contributed by atoms with Crippen LogP contribution in [0.15, 0.2) is 71.2 Å². The Morgan fingerprint density at radius 3 is 1.96 bits per heavy atom. The number of nitrogens with zero attached hydrogens (tertiary/aromatic N) is 1. The maximum absolute atomic E-state index is 13.5. The Morgan fingerprint density at radius 2 is 1.39 bits per heavy atom. The van der Waals surface area contributed by atoms with Crippen molar-refractivity contribution >= 4 is 37.7 Å². The number of para-hydroxylation sites is 2. The van der Waals surface area contributed by atoms with Crippen LogP contribution in [0, 0.1) is 5.82 Å². The molecule has 1 heterocycles. The lowest BCUT2D eigenvalue weighted by molar-refractivity contribution is -0.617.